The van der Waals surface area contributed by atoms with Crippen LogP contribution in [0, 0.1) is 0 Å². The normalized spacial score (nSPS) is 21.0. The van der Waals surface area contributed by atoms with Crippen LogP contribution in [-0.4, -0.2) is 54.9 Å². The molecule has 0 bridgehead atoms. The lowest BCUT2D eigenvalue weighted by molar-refractivity contribution is -0.138. The molecule has 8 nitrogen and oxygen atoms in total. The third-order valence-corrected chi connectivity index (χ3v) is 6.42. The van der Waals surface area contributed by atoms with E-state index in [4.69, 9.17) is 16.3 Å². The summed E-state index contributed by atoms with van der Waals surface area (Å²) in [6.07, 6.45) is 0.514. The van der Waals surface area contributed by atoms with Crippen LogP contribution in [0.2, 0.25) is 4.34 Å². The van der Waals surface area contributed by atoms with Crippen molar-refractivity contribution in [1.82, 2.24) is 5.32 Å². The van der Waals surface area contributed by atoms with E-state index in [1.54, 1.807) is 24.3 Å². The van der Waals surface area contributed by atoms with Crippen molar-refractivity contribution < 1.29 is 24.2 Å². The maximum atomic E-state index is 12.3. The van der Waals surface area contributed by atoms with Crippen LogP contribution in [0.4, 0.5) is 16.2 Å². The molecule has 2 atom stereocenters. The Morgan fingerprint density at radius 2 is 1.93 bits per heavy atom. The molecule has 2 amide bonds. The van der Waals surface area contributed by atoms with Crippen molar-refractivity contribution in [2.24, 2.45) is 0 Å². The topological polar surface area (TPSA) is 99.2 Å². The summed E-state index contributed by atoms with van der Waals surface area (Å²) in [5, 5.41) is 12.1. The van der Waals surface area contributed by atoms with Crippen LogP contribution in [-0.2, 0) is 9.53 Å². The standard InChI is InChI=1S/C20H20ClN3O5S/c21-17-8-7-16(30-17)18(25)22-10-14-11-24(20(28)29-14)13-5-3-12(4-6-13)23-9-1-2-15(23)19(26)27/h3-8,14-15H,1-2,9-11H2,(H,22,25)(H,26,27)/t14?,15-/m0/s1. The zero-order valence-corrected chi connectivity index (χ0v) is 17.5. The van der Waals surface area contributed by atoms with Gasteiger partial charge in [0, 0.05) is 17.9 Å². The number of ether oxygens (including phenoxy) is 1. The third-order valence-electron chi connectivity index (χ3n) is 5.19. The van der Waals surface area contributed by atoms with Gasteiger partial charge in [0.05, 0.1) is 22.3 Å². The molecule has 158 valence electrons. The van der Waals surface area contributed by atoms with Crippen LogP contribution < -0.4 is 15.1 Å². The Kier molecular flexibility index (Phi) is 5.83. The van der Waals surface area contributed by atoms with E-state index in [1.165, 1.54) is 16.2 Å². The zero-order valence-electron chi connectivity index (χ0n) is 15.9. The first kappa shape index (κ1) is 20.5. The number of carbonyl (C=O) groups is 3. The molecule has 2 saturated heterocycles. The summed E-state index contributed by atoms with van der Waals surface area (Å²) in [5.41, 5.74) is 1.48. The van der Waals surface area contributed by atoms with Crippen LogP contribution in [0.25, 0.3) is 0 Å². The number of hydrogen-bond donors (Lipinski definition) is 2. The van der Waals surface area contributed by atoms with Crippen LogP contribution >= 0.6 is 22.9 Å². The summed E-state index contributed by atoms with van der Waals surface area (Å²) in [5.74, 6) is -1.08. The Bertz CT molecular complexity index is 964. The maximum absolute atomic E-state index is 12.3. The molecule has 0 saturated carbocycles. The van der Waals surface area contributed by atoms with Gasteiger partial charge in [-0.05, 0) is 49.2 Å². The number of halogens is 1. The number of thiophene rings is 1. The molecule has 1 unspecified atom stereocenters. The van der Waals surface area contributed by atoms with E-state index in [9.17, 15) is 19.5 Å². The highest BCUT2D eigenvalue weighted by molar-refractivity contribution is 7.18. The monoisotopic (exact) mass is 449 g/mol. The number of aliphatic carboxylic acids is 1. The Hall–Kier alpha value is -2.78. The quantitative estimate of drug-likeness (QED) is 0.702. The number of carbonyl (C=O) groups excluding carboxylic acids is 2. The van der Waals surface area contributed by atoms with E-state index in [0.717, 1.165) is 12.1 Å². The minimum atomic E-state index is -0.825. The Labute approximate surface area is 182 Å². The summed E-state index contributed by atoms with van der Waals surface area (Å²) in [7, 11) is 0. The van der Waals surface area contributed by atoms with E-state index in [1.807, 2.05) is 17.0 Å². The molecular weight excluding hydrogens is 430 g/mol. The first-order chi connectivity index (χ1) is 14.4. The average molecular weight is 450 g/mol. The summed E-state index contributed by atoms with van der Waals surface area (Å²) >= 11 is 7.03. The molecule has 0 spiro atoms. The van der Waals surface area contributed by atoms with Crippen LogP contribution in [0.3, 0.4) is 0 Å². The van der Waals surface area contributed by atoms with E-state index >= 15 is 0 Å². The lowest BCUT2D eigenvalue weighted by Crippen LogP contribution is -2.36. The highest BCUT2D eigenvalue weighted by Gasteiger charge is 2.34. The summed E-state index contributed by atoms with van der Waals surface area (Å²) in [4.78, 5) is 39.7. The maximum Gasteiger partial charge on any atom is 0.414 e. The molecule has 2 N–H and O–H groups in total. The summed E-state index contributed by atoms with van der Waals surface area (Å²) in [6.45, 7) is 1.20. The third kappa shape index (κ3) is 4.22. The predicted octanol–water partition coefficient (Wildman–Crippen LogP) is 3.21. The van der Waals surface area contributed by atoms with Gasteiger partial charge in [-0.25, -0.2) is 9.59 Å². The highest BCUT2D eigenvalue weighted by Crippen LogP contribution is 2.29. The van der Waals surface area contributed by atoms with Crippen LogP contribution in [0.1, 0.15) is 22.5 Å². The van der Waals surface area contributed by atoms with Crippen molar-refractivity contribution in [3.05, 3.63) is 45.6 Å². The Morgan fingerprint density at radius 3 is 2.60 bits per heavy atom. The number of nitrogens with one attached hydrogen (secondary N) is 1. The molecule has 0 radical (unpaired) electrons. The van der Waals surface area contributed by atoms with Gasteiger partial charge >= 0.3 is 12.1 Å². The molecule has 1 aromatic carbocycles. The minimum absolute atomic E-state index is 0.197. The highest BCUT2D eigenvalue weighted by atomic mass is 35.5. The van der Waals surface area contributed by atoms with E-state index in [2.05, 4.69) is 5.32 Å². The summed E-state index contributed by atoms with van der Waals surface area (Å²) in [6, 6.07) is 9.98. The fraction of sp³-hybridized carbons (Fsp3) is 0.350. The number of rotatable bonds is 6. The fourth-order valence-electron chi connectivity index (χ4n) is 3.73. The van der Waals surface area contributed by atoms with E-state index in [-0.39, 0.29) is 12.5 Å². The molecule has 2 aliphatic heterocycles. The number of amides is 2. The van der Waals surface area contributed by atoms with Gasteiger partial charge < -0.3 is 20.1 Å². The molecule has 1 aromatic heterocycles. The van der Waals surface area contributed by atoms with Crippen molar-refractivity contribution in [3.63, 3.8) is 0 Å². The average Bonchev–Trinajstić information content (AvgIpc) is 3.46. The zero-order chi connectivity index (χ0) is 21.3. The number of carboxylic acids is 1. The lowest BCUT2D eigenvalue weighted by atomic mass is 10.2. The number of cyclic esters (lactones) is 1. The molecular formula is C20H20ClN3O5S. The first-order valence-corrected chi connectivity index (χ1v) is 10.7. The van der Waals surface area contributed by atoms with Gasteiger partial charge in [0.15, 0.2) is 0 Å². The van der Waals surface area contributed by atoms with Gasteiger partial charge in [0.1, 0.15) is 12.1 Å². The Morgan fingerprint density at radius 1 is 1.20 bits per heavy atom. The molecule has 10 heteroatoms. The number of carboxylic acid groups (broad SMARTS) is 1. The second-order valence-electron chi connectivity index (χ2n) is 7.14. The molecule has 2 aromatic rings. The lowest BCUT2D eigenvalue weighted by Gasteiger charge is -2.24. The predicted molar refractivity (Wildman–Crippen MR) is 114 cm³/mol. The van der Waals surface area contributed by atoms with Crippen LogP contribution in [0.5, 0.6) is 0 Å². The number of nitrogens with zero attached hydrogens (tertiary/aromatic N) is 2. The number of hydrogen-bond acceptors (Lipinski definition) is 6. The second-order valence-corrected chi connectivity index (χ2v) is 8.85. The van der Waals surface area contributed by atoms with Crippen LogP contribution in [0.15, 0.2) is 36.4 Å². The van der Waals surface area contributed by atoms with Crippen molar-refractivity contribution in [2.75, 3.05) is 29.4 Å². The first-order valence-electron chi connectivity index (χ1n) is 9.53. The van der Waals surface area contributed by atoms with Gasteiger partial charge in [0.2, 0.25) is 0 Å². The smallest absolute Gasteiger partial charge is 0.414 e. The molecule has 2 aliphatic rings. The molecule has 30 heavy (non-hydrogen) atoms. The minimum Gasteiger partial charge on any atom is -0.480 e. The largest absolute Gasteiger partial charge is 0.480 e. The fourth-order valence-corrected chi connectivity index (χ4v) is 4.68. The van der Waals surface area contributed by atoms with Gasteiger partial charge in [-0.1, -0.05) is 11.6 Å². The van der Waals surface area contributed by atoms with Crippen molar-refractivity contribution >= 4 is 52.3 Å². The van der Waals surface area contributed by atoms with Gasteiger partial charge in [-0.15, -0.1) is 11.3 Å². The van der Waals surface area contributed by atoms with Gasteiger partial charge in [-0.3, -0.25) is 9.69 Å². The number of benzene rings is 1. The van der Waals surface area contributed by atoms with Crippen molar-refractivity contribution in [1.29, 1.82) is 0 Å². The van der Waals surface area contributed by atoms with Crippen molar-refractivity contribution in [2.45, 2.75) is 25.0 Å². The number of anilines is 2. The van der Waals surface area contributed by atoms with Gasteiger partial charge in [-0.2, -0.15) is 0 Å². The summed E-state index contributed by atoms with van der Waals surface area (Å²) < 4.78 is 5.89. The molecule has 4 rings (SSSR count). The SMILES string of the molecule is O=C(NCC1CN(c2ccc(N3CCC[C@H]3C(=O)O)cc2)C(=O)O1)c1ccc(Cl)s1. The Balaban J connectivity index is 1.36. The molecule has 2 fully saturated rings. The molecule has 0 aliphatic carbocycles. The second kappa shape index (κ2) is 8.53. The van der Waals surface area contributed by atoms with Gasteiger partial charge in [0.25, 0.3) is 5.91 Å². The van der Waals surface area contributed by atoms with Crippen molar-refractivity contribution in [3.8, 4) is 0 Å². The molecule has 3 heterocycles. The van der Waals surface area contributed by atoms with E-state index < -0.39 is 24.2 Å². The van der Waals surface area contributed by atoms with E-state index in [0.29, 0.717) is 34.4 Å².